The average molecular weight is 286 g/mol. The van der Waals surface area contributed by atoms with E-state index < -0.39 is 17.7 Å². The Balaban J connectivity index is 2.01. The van der Waals surface area contributed by atoms with E-state index in [0.717, 1.165) is 4.90 Å². The number of carbonyl (C=O) groups excluding carboxylic acids is 3. The molecule has 1 heterocycles. The molecule has 0 bridgehead atoms. The maximum absolute atomic E-state index is 11.4. The Morgan fingerprint density at radius 2 is 1.80 bits per heavy atom. The fourth-order valence-corrected chi connectivity index (χ4v) is 1.39. The summed E-state index contributed by atoms with van der Waals surface area (Å²) in [4.78, 5) is 39.7. The summed E-state index contributed by atoms with van der Waals surface area (Å²) in [6.45, 7) is 1.53. The van der Waals surface area contributed by atoms with Gasteiger partial charge in [0.2, 0.25) is 5.91 Å². The Morgan fingerprint density at radius 1 is 1.15 bits per heavy atom. The lowest BCUT2D eigenvalue weighted by Crippen LogP contribution is -2.35. The van der Waals surface area contributed by atoms with Crippen molar-refractivity contribution in [3.8, 4) is 0 Å². The average Bonchev–Trinajstić information content (AvgIpc) is 2.75. The van der Waals surface area contributed by atoms with Crippen LogP contribution in [0.2, 0.25) is 0 Å². The number of rotatable bonds is 10. The quantitative estimate of drug-likeness (QED) is 0.315. The SMILES string of the molecule is COCCOCCONC(=O)CCN1C(=O)C=CC1=O. The maximum Gasteiger partial charge on any atom is 0.253 e. The molecule has 0 aliphatic carbocycles. The zero-order valence-corrected chi connectivity index (χ0v) is 11.3. The van der Waals surface area contributed by atoms with Crippen LogP contribution < -0.4 is 5.48 Å². The van der Waals surface area contributed by atoms with Gasteiger partial charge in [-0.05, 0) is 0 Å². The van der Waals surface area contributed by atoms with Gasteiger partial charge in [-0.3, -0.25) is 24.1 Å². The van der Waals surface area contributed by atoms with Crippen molar-refractivity contribution < 1.29 is 28.7 Å². The first-order chi connectivity index (χ1) is 9.65. The molecule has 8 heteroatoms. The number of amides is 3. The molecule has 0 saturated carbocycles. The fourth-order valence-electron chi connectivity index (χ4n) is 1.39. The van der Waals surface area contributed by atoms with E-state index in [1.54, 1.807) is 7.11 Å². The summed E-state index contributed by atoms with van der Waals surface area (Å²) in [7, 11) is 1.57. The van der Waals surface area contributed by atoms with Gasteiger partial charge in [-0.25, -0.2) is 5.48 Å². The summed E-state index contributed by atoms with van der Waals surface area (Å²) in [6, 6.07) is 0. The first-order valence-corrected chi connectivity index (χ1v) is 6.16. The van der Waals surface area contributed by atoms with E-state index in [-0.39, 0.29) is 19.6 Å². The highest BCUT2D eigenvalue weighted by Crippen LogP contribution is 2.03. The topological polar surface area (TPSA) is 94.2 Å². The number of nitrogens with zero attached hydrogens (tertiary/aromatic N) is 1. The van der Waals surface area contributed by atoms with E-state index >= 15 is 0 Å². The van der Waals surface area contributed by atoms with Gasteiger partial charge in [0, 0.05) is 32.2 Å². The zero-order valence-electron chi connectivity index (χ0n) is 11.3. The molecular formula is C12H18N2O6. The second-order valence-corrected chi connectivity index (χ2v) is 3.89. The van der Waals surface area contributed by atoms with Gasteiger partial charge >= 0.3 is 0 Å². The van der Waals surface area contributed by atoms with Gasteiger partial charge in [0.1, 0.15) is 0 Å². The second kappa shape index (κ2) is 9.18. The highest BCUT2D eigenvalue weighted by Gasteiger charge is 2.23. The van der Waals surface area contributed by atoms with Gasteiger partial charge in [0.05, 0.1) is 26.4 Å². The standard InChI is InChI=1S/C12H18N2O6/c1-18-6-7-19-8-9-20-13-10(15)4-5-14-11(16)2-3-12(14)17/h2-3H,4-9H2,1H3,(H,13,15). The van der Waals surface area contributed by atoms with Gasteiger partial charge in [0.15, 0.2) is 0 Å². The van der Waals surface area contributed by atoms with Crippen molar-refractivity contribution in [3.63, 3.8) is 0 Å². The molecular weight excluding hydrogens is 268 g/mol. The number of ether oxygens (including phenoxy) is 2. The molecule has 1 N–H and O–H groups in total. The fraction of sp³-hybridized carbons (Fsp3) is 0.583. The third kappa shape index (κ3) is 5.91. The molecule has 0 atom stereocenters. The summed E-state index contributed by atoms with van der Waals surface area (Å²) in [5.41, 5.74) is 2.21. The van der Waals surface area contributed by atoms with Crippen LogP contribution >= 0.6 is 0 Å². The number of methoxy groups -OCH3 is 1. The lowest BCUT2D eigenvalue weighted by molar-refractivity contribution is -0.139. The highest BCUT2D eigenvalue weighted by molar-refractivity contribution is 6.13. The molecule has 1 aliphatic rings. The Kier molecular flexibility index (Phi) is 7.48. The van der Waals surface area contributed by atoms with Crippen LogP contribution in [0.25, 0.3) is 0 Å². The molecule has 1 rings (SSSR count). The van der Waals surface area contributed by atoms with Crippen LogP contribution in [0, 0.1) is 0 Å². The van der Waals surface area contributed by atoms with Crippen molar-refractivity contribution >= 4 is 17.7 Å². The lowest BCUT2D eigenvalue weighted by Gasteiger charge is -2.13. The minimum Gasteiger partial charge on any atom is -0.382 e. The van der Waals surface area contributed by atoms with Crippen LogP contribution in [0.1, 0.15) is 6.42 Å². The Morgan fingerprint density at radius 3 is 2.45 bits per heavy atom. The van der Waals surface area contributed by atoms with Gasteiger partial charge in [-0.2, -0.15) is 0 Å². The number of imide groups is 1. The van der Waals surface area contributed by atoms with E-state index in [2.05, 4.69) is 5.48 Å². The summed E-state index contributed by atoms with van der Waals surface area (Å²) in [5.74, 6) is -1.22. The van der Waals surface area contributed by atoms with Crippen molar-refractivity contribution in [1.82, 2.24) is 10.4 Å². The minimum atomic E-state index is -0.408. The van der Waals surface area contributed by atoms with Gasteiger partial charge < -0.3 is 9.47 Å². The van der Waals surface area contributed by atoms with E-state index in [0.29, 0.717) is 19.8 Å². The summed E-state index contributed by atoms with van der Waals surface area (Å²) < 4.78 is 9.90. The molecule has 0 unspecified atom stereocenters. The van der Waals surface area contributed by atoms with Crippen molar-refractivity contribution in [2.75, 3.05) is 40.1 Å². The maximum atomic E-state index is 11.4. The van der Waals surface area contributed by atoms with Crippen molar-refractivity contribution in [3.05, 3.63) is 12.2 Å². The predicted octanol–water partition coefficient (Wildman–Crippen LogP) is -0.988. The van der Waals surface area contributed by atoms with Crippen molar-refractivity contribution in [2.45, 2.75) is 6.42 Å². The Hall–Kier alpha value is -1.77. The highest BCUT2D eigenvalue weighted by atomic mass is 16.7. The zero-order chi connectivity index (χ0) is 14.8. The first-order valence-electron chi connectivity index (χ1n) is 6.16. The smallest absolute Gasteiger partial charge is 0.253 e. The van der Waals surface area contributed by atoms with Crippen LogP contribution in [-0.2, 0) is 28.7 Å². The predicted molar refractivity (Wildman–Crippen MR) is 67.3 cm³/mol. The largest absolute Gasteiger partial charge is 0.382 e. The van der Waals surface area contributed by atoms with E-state index in [1.807, 2.05) is 0 Å². The second-order valence-electron chi connectivity index (χ2n) is 3.89. The minimum absolute atomic E-state index is 0.0102. The molecule has 0 fully saturated rings. The molecule has 0 radical (unpaired) electrons. The van der Waals surface area contributed by atoms with E-state index in [4.69, 9.17) is 14.3 Å². The third-order valence-corrected chi connectivity index (χ3v) is 2.41. The van der Waals surface area contributed by atoms with Crippen LogP contribution in [-0.4, -0.2) is 62.7 Å². The van der Waals surface area contributed by atoms with E-state index in [1.165, 1.54) is 12.2 Å². The molecule has 1 aliphatic heterocycles. The molecule has 0 spiro atoms. The van der Waals surface area contributed by atoms with Crippen LogP contribution in [0.3, 0.4) is 0 Å². The number of carbonyl (C=O) groups is 3. The molecule has 112 valence electrons. The molecule has 20 heavy (non-hydrogen) atoms. The van der Waals surface area contributed by atoms with E-state index in [9.17, 15) is 14.4 Å². The van der Waals surface area contributed by atoms with Crippen molar-refractivity contribution in [2.24, 2.45) is 0 Å². The number of nitrogens with one attached hydrogen (secondary N) is 1. The first kappa shape index (κ1) is 16.3. The van der Waals surface area contributed by atoms with Crippen LogP contribution in [0.15, 0.2) is 12.2 Å². The summed E-state index contributed by atoms with van der Waals surface area (Å²) in [5, 5.41) is 0. The molecule has 0 saturated heterocycles. The monoisotopic (exact) mass is 286 g/mol. The third-order valence-electron chi connectivity index (χ3n) is 2.41. The lowest BCUT2D eigenvalue weighted by atomic mass is 10.4. The van der Waals surface area contributed by atoms with Gasteiger partial charge in [-0.15, -0.1) is 0 Å². The number of hydrogen-bond donors (Lipinski definition) is 1. The Bertz CT molecular complexity index is 364. The van der Waals surface area contributed by atoms with Crippen molar-refractivity contribution in [1.29, 1.82) is 0 Å². The molecule has 3 amide bonds. The Labute approximate surface area is 116 Å². The molecule has 0 aromatic rings. The number of hydrogen-bond acceptors (Lipinski definition) is 6. The molecule has 0 aromatic heterocycles. The van der Waals surface area contributed by atoms with Gasteiger partial charge in [-0.1, -0.05) is 0 Å². The molecule has 8 nitrogen and oxygen atoms in total. The van der Waals surface area contributed by atoms with Crippen LogP contribution in [0.4, 0.5) is 0 Å². The molecule has 0 aromatic carbocycles. The van der Waals surface area contributed by atoms with Crippen LogP contribution in [0.5, 0.6) is 0 Å². The van der Waals surface area contributed by atoms with Gasteiger partial charge in [0.25, 0.3) is 11.8 Å². The summed E-state index contributed by atoms with van der Waals surface area (Å²) in [6.07, 6.45) is 2.34. The normalized spacial score (nSPS) is 14.2. The number of hydroxylamine groups is 1. The summed E-state index contributed by atoms with van der Waals surface area (Å²) >= 11 is 0.